The van der Waals surface area contributed by atoms with Gasteiger partial charge in [-0.1, -0.05) is 12.1 Å². The predicted octanol–water partition coefficient (Wildman–Crippen LogP) is 4.09. The SMILES string of the molecule is Cc1ccc(C(=O)N2CC=C(C(F)(F)F)CC2)c(Br)c1. The molecule has 0 unspecified atom stereocenters. The topological polar surface area (TPSA) is 20.3 Å². The minimum atomic E-state index is -4.29. The van der Waals surface area contributed by atoms with Crippen LogP contribution in [-0.2, 0) is 0 Å². The number of hydrogen-bond acceptors (Lipinski definition) is 1. The molecule has 0 aromatic heterocycles. The van der Waals surface area contributed by atoms with E-state index < -0.39 is 11.7 Å². The van der Waals surface area contributed by atoms with Gasteiger partial charge in [0.25, 0.3) is 5.91 Å². The molecule has 1 aliphatic rings. The summed E-state index contributed by atoms with van der Waals surface area (Å²) in [6, 6.07) is 5.30. The number of carbonyl (C=O) groups excluding carboxylic acids is 1. The van der Waals surface area contributed by atoms with Gasteiger partial charge >= 0.3 is 6.18 Å². The van der Waals surface area contributed by atoms with Gasteiger partial charge in [0.15, 0.2) is 0 Å². The first kappa shape index (κ1) is 15.1. The van der Waals surface area contributed by atoms with Crippen LogP contribution in [0.1, 0.15) is 22.3 Å². The smallest absolute Gasteiger partial charge is 0.335 e. The summed E-state index contributed by atoms with van der Waals surface area (Å²) in [4.78, 5) is 13.7. The summed E-state index contributed by atoms with van der Waals surface area (Å²) in [5, 5.41) is 0. The Labute approximate surface area is 123 Å². The zero-order valence-corrected chi connectivity index (χ0v) is 12.4. The fourth-order valence-corrected chi connectivity index (χ4v) is 2.74. The number of benzene rings is 1. The molecule has 6 heteroatoms. The fraction of sp³-hybridized carbons (Fsp3) is 0.357. The van der Waals surface area contributed by atoms with Crippen LogP contribution < -0.4 is 0 Å². The van der Waals surface area contributed by atoms with Gasteiger partial charge in [-0.05, 0) is 47.0 Å². The molecule has 108 valence electrons. The van der Waals surface area contributed by atoms with Crippen LogP contribution in [0.15, 0.2) is 34.3 Å². The Bertz CT molecular complexity index is 566. The van der Waals surface area contributed by atoms with Crippen molar-refractivity contribution in [3.8, 4) is 0 Å². The average molecular weight is 348 g/mol. The lowest BCUT2D eigenvalue weighted by molar-refractivity contribution is -0.0957. The largest absolute Gasteiger partial charge is 0.412 e. The van der Waals surface area contributed by atoms with E-state index in [0.29, 0.717) is 10.0 Å². The van der Waals surface area contributed by atoms with E-state index in [1.165, 1.54) is 4.90 Å². The van der Waals surface area contributed by atoms with Gasteiger partial charge in [-0.2, -0.15) is 13.2 Å². The third-order valence-electron chi connectivity index (χ3n) is 3.22. The van der Waals surface area contributed by atoms with Crippen LogP contribution in [0.5, 0.6) is 0 Å². The van der Waals surface area contributed by atoms with Crippen LogP contribution in [0.3, 0.4) is 0 Å². The fourth-order valence-electron chi connectivity index (χ4n) is 2.07. The first-order valence-corrected chi connectivity index (χ1v) is 6.90. The lowest BCUT2D eigenvalue weighted by Crippen LogP contribution is -2.36. The highest BCUT2D eigenvalue weighted by molar-refractivity contribution is 9.10. The van der Waals surface area contributed by atoms with Gasteiger partial charge in [0.1, 0.15) is 0 Å². The molecule has 20 heavy (non-hydrogen) atoms. The standard InChI is InChI=1S/C14H13BrF3NO/c1-9-2-3-11(12(15)8-9)13(20)19-6-4-10(5-7-19)14(16,17)18/h2-4,8H,5-7H2,1H3. The van der Waals surface area contributed by atoms with Crippen molar-refractivity contribution in [2.24, 2.45) is 0 Å². The number of hydrogen-bond donors (Lipinski definition) is 0. The molecule has 0 spiro atoms. The molecule has 1 aliphatic heterocycles. The minimum absolute atomic E-state index is 0.00596. The maximum atomic E-state index is 12.5. The van der Waals surface area contributed by atoms with Crippen LogP contribution in [0.25, 0.3) is 0 Å². The maximum absolute atomic E-state index is 12.5. The van der Waals surface area contributed by atoms with Gasteiger partial charge in [0, 0.05) is 23.1 Å². The zero-order valence-electron chi connectivity index (χ0n) is 10.8. The van der Waals surface area contributed by atoms with Crippen molar-refractivity contribution >= 4 is 21.8 Å². The van der Waals surface area contributed by atoms with Gasteiger partial charge in [0.05, 0.1) is 5.56 Å². The molecule has 0 aliphatic carbocycles. The zero-order chi connectivity index (χ0) is 14.9. The number of halogens is 4. The summed E-state index contributed by atoms with van der Waals surface area (Å²) in [6.07, 6.45) is -3.36. The number of nitrogens with zero attached hydrogens (tertiary/aromatic N) is 1. The molecule has 0 fully saturated rings. The lowest BCUT2D eigenvalue weighted by atomic mass is 10.1. The second kappa shape index (κ2) is 5.60. The van der Waals surface area contributed by atoms with E-state index in [0.717, 1.165) is 11.6 Å². The van der Waals surface area contributed by atoms with Crippen molar-refractivity contribution in [3.05, 3.63) is 45.4 Å². The minimum Gasteiger partial charge on any atom is -0.335 e. The molecular formula is C14H13BrF3NO. The third kappa shape index (κ3) is 3.23. The summed E-state index contributed by atoms with van der Waals surface area (Å²) in [6.45, 7) is 1.98. The van der Waals surface area contributed by atoms with E-state index in [-0.39, 0.29) is 25.4 Å². The first-order valence-electron chi connectivity index (χ1n) is 6.10. The third-order valence-corrected chi connectivity index (χ3v) is 3.87. The van der Waals surface area contributed by atoms with E-state index >= 15 is 0 Å². The van der Waals surface area contributed by atoms with E-state index in [1.807, 2.05) is 13.0 Å². The van der Waals surface area contributed by atoms with Gasteiger partial charge in [-0.25, -0.2) is 0 Å². The van der Waals surface area contributed by atoms with Crippen LogP contribution in [0.2, 0.25) is 0 Å². The second-order valence-corrected chi connectivity index (χ2v) is 5.57. The second-order valence-electron chi connectivity index (χ2n) is 4.71. The van der Waals surface area contributed by atoms with Crippen LogP contribution in [-0.4, -0.2) is 30.1 Å². The monoisotopic (exact) mass is 347 g/mol. The van der Waals surface area contributed by atoms with Crippen molar-refractivity contribution in [2.45, 2.75) is 19.5 Å². The predicted molar refractivity (Wildman–Crippen MR) is 73.5 cm³/mol. The lowest BCUT2D eigenvalue weighted by Gasteiger charge is -2.27. The van der Waals surface area contributed by atoms with E-state index in [4.69, 9.17) is 0 Å². The molecule has 0 bridgehead atoms. The molecule has 1 aromatic carbocycles. The van der Waals surface area contributed by atoms with Crippen molar-refractivity contribution < 1.29 is 18.0 Å². The molecule has 0 saturated heterocycles. The molecule has 2 nitrogen and oxygen atoms in total. The van der Waals surface area contributed by atoms with Gasteiger partial charge in [-0.3, -0.25) is 4.79 Å². The Kier molecular flexibility index (Phi) is 4.22. The highest BCUT2D eigenvalue weighted by atomic mass is 79.9. The van der Waals surface area contributed by atoms with E-state index in [1.54, 1.807) is 12.1 Å². The quantitative estimate of drug-likeness (QED) is 0.700. The molecular weight excluding hydrogens is 335 g/mol. The first-order chi connectivity index (χ1) is 9.29. The Balaban J connectivity index is 2.14. The van der Waals surface area contributed by atoms with Gasteiger partial charge < -0.3 is 4.90 Å². The number of carbonyl (C=O) groups is 1. The summed E-state index contributed by atoms with van der Waals surface area (Å²) in [7, 11) is 0. The molecule has 0 N–H and O–H groups in total. The average Bonchev–Trinajstić information content (AvgIpc) is 2.37. The highest BCUT2D eigenvalue weighted by Gasteiger charge is 2.35. The Morgan fingerprint density at radius 2 is 2.05 bits per heavy atom. The van der Waals surface area contributed by atoms with Crippen molar-refractivity contribution in [1.29, 1.82) is 0 Å². The molecule has 0 atom stereocenters. The molecule has 2 rings (SSSR count). The Hall–Kier alpha value is -1.30. The molecule has 1 heterocycles. The number of amides is 1. The van der Waals surface area contributed by atoms with Crippen molar-refractivity contribution in [2.75, 3.05) is 13.1 Å². The molecule has 0 saturated carbocycles. The summed E-state index contributed by atoms with van der Waals surface area (Å²) < 4.78 is 38.2. The summed E-state index contributed by atoms with van der Waals surface area (Å²) in [5.74, 6) is -0.255. The summed E-state index contributed by atoms with van der Waals surface area (Å²) in [5.41, 5.74) is 0.926. The number of aryl methyl sites for hydroxylation is 1. The van der Waals surface area contributed by atoms with Crippen molar-refractivity contribution in [1.82, 2.24) is 4.90 Å². The number of rotatable bonds is 1. The van der Waals surface area contributed by atoms with Crippen LogP contribution in [0.4, 0.5) is 13.2 Å². The highest BCUT2D eigenvalue weighted by Crippen LogP contribution is 2.31. The van der Waals surface area contributed by atoms with E-state index in [9.17, 15) is 18.0 Å². The van der Waals surface area contributed by atoms with E-state index in [2.05, 4.69) is 15.9 Å². The van der Waals surface area contributed by atoms with Gasteiger partial charge in [0.2, 0.25) is 0 Å². The molecule has 0 radical (unpaired) electrons. The van der Waals surface area contributed by atoms with Crippen molar-refractivity contribution in [3.63, 3.8) is 0 Å². The Morgan fingerprint density at radius 1 is 1.35 bits per heavy atom. The Morgan fingerprint density at radius 3 is 2.55 bits per heavy atom. The summed E-state index contributed by atoms with van der Waals surface area (Å²) >= 11 is 3.32. The van der Waals surface area contributed by atoms with Crippen LogP contribution >= 0.6 is 15.9 Å². The van der Waals surface area contributed by atoms with Crippen LogP contribution in [0, 0.1) is 6.92 Å². The molecule has 1 aromatic rings. The molecule has 1 amide bonds. The normalized spacial score (nSPS) is 16.1. The maximum Gasteiger partial charge on any atom is 0.412 e. The van der Waals surface area contributed by atoms with Gasteiger partial charge in [-0.15, -0.1) is 0 Å². The number of alkyl halides is 3.